The predicted octanol–water partition coefficient (Wildman–Crippen LogP) is 3.44. The molecule has 0 fully saturated rings. The first-order valence-corrected chi connectivity index (χ1v) is 8.87. The minimum atomic E-state index is -3.01. The van der Waals surface area contributed by atoms with E-state index in [1.54, 1.807) is 18.2 Å². The van der Waals surface area contributed by atoms with E-state index in [0.717, 1.165) is 0 Å². The number of fused-ring (bicyclic) bond motifs is 1. The number of hydrogen-bond acceptors (Lipinski definition) is 6. The van der Waals surface area contributed by atoms with Gasteiger partial charge in [0.15, 0.2) is 18.1 Å². The van der Waals surface area contributed by atoms with Gasteiger partial charge in [0.25, 0.3) is 5.91 Å². The van der Waals surface area contributed by atoms with E-state index < -0.39 is 25.1 Å². The monoisotopic (exact) mass is 427 g/mol. The molecule has 1 aliphatic heterocycles. The maximum Gasteiger partial charge on any atom is 0.387 e. The molecule has 0 bridgehead atoms. The zero-order chi connectivity index (χ0) is 20.8. The molecule has 154 valence electrons. The number of carbonyl (C=O) groups excluding carboxylic acids is 2. The molecule has 7 nitrogen and oxygen atoms in total. The molecule has 2 aromatic carbocycles. The van der Waals surface area contributed by atoms with Crippen molar-refractivity contribution in [2.24, 2.45) is 0 Å². The Hall–Kier alpha value is -3.07. The normalized spacial score (nSPS) is 12.4. The average molecular weight is 428 g/mol. The van der Waals surface area contributed by atoms with E-state index in [1.807, 2.05) is 0 Å². The van der Waals surface area contributed by atoms with Crippen LogP contribution in [0.1, 0.15) is 5.56 Å². The third-order valence-electron chi connectivity index (χ3n) is 3.75. The van der Waals surface area contributed by atoms with E-state index in [0.29, 0.717) is 30.3 Å². The summed E-state index contributed by atoms with van der Waals surface area (Å²) in [6.45, 7) is -2.63. The first kappa shape index (κ1) is 20.7. The molecule has 1 heterocycles. The van der Waals surface area contributed by atoms with Gasteiger partial charge in [-0.2, -0.15) is 8.78 Å². The molecule has 2 aromatic rings. The van der Waals surface area contributed by atoms with Gasteiger partial charge < -0.3 is 24.3 Å². The summed E-state index contributed by atoms with van der Waals surface area (Å²) in [4.78, 5) is 23.9. The number of carbonyl (C=O) groups is 2. The Bertz CT molecular complexity index is 908. The molecule has 1 N–H and O–H groups in total. The molecule has 0 atom stereocenters. The van der Waals surface area contributed by atoms with Crippen LogP contribution in [0, 0.1) is 0 Å². The number of nitrogens with one attached hydrogen (secondary N) is 1. The van der Waals surface area contributed by atoms with E-state index in [-0.39, 0.29) is 22.9 Å². The maximum atomic E-state index is 12.2. The first-order chi connectivity index (χ1) is 13.9. The molecule has 0 saturated carbocycles. The summed E-state index contributed by atoms with van der Waals surface area (Å²) in [7, 11) is 0. The van der Waals surface area contributed by atoms with Gasteiger partial charge in [0.1, 0.15) is 19.0 Å². The van der Waals surface area contributed by atoms with Crippen molar-refractivity contribution in [2.75, 3.05) is 25.1 Å². The molecule has 0 saturated heterocycles. The number of ether oxygens (including phenoxy) is 4. The number of alkyl halides is 2. The fraction of sp³-hybridized carbons (Fsp3) is 0.263. The van der Waals surface area contributed by atoms with E-state index in [1.165, 1.54) is 18.2 Å². The van der Waals surface area contributed by atoms with Crippen molar-refractivity contribution < 1.29 is 37.3 Å². The Morgan fingerprint density at radius 1 is 1.10 bits per heavy atom. The molecular formula is C19H16ClF2NO6. The van der Waals surface area contributed by atoms with Gasteiger partial charge in [0, 0.05) is 5.69 Å². The van der Waals surface area contributed by atoms with E-state index >= 15 is 0 Å². The third kappa shape index (κ3) is 5.95. The van der Waals surface area contributed by atoms with Crippen molar-refractivity contribution in [3.63, 3.8) is 0 Å². The number of hydrogen-bond donors (Lipinski definition) is 1. The van der Waals surface area contributed by atoms with Crippen LogP contribution in [-0.4, -0.2) is 38.3 Å². The van der Waals surface area contributed by atoms with Crippen molar-refractivity contribution in [1.29, 1.82) is 0 Å². The summed E-state index contributed by atoms with van der Waals surface area (Å²) in [5.41, 5.74) is 0.894. The van der Waals surface area contributed by atoms with Crippen molar-refractivity contribution in [3.05, 3.63) is 47.0 Å². The Kier molecular flexibility index (Phi) is 6.71. The Balaban J connectivity index is 1.48. The van der Waals surface area contributed by atoms with Crippen molar-refractivity contribution in [2.45, 2.75) is 13.0 Å². The van der Waals surface area contributed by atoms with E-state index in [9.17, 15) is 18.4 Å². The number of esters is 1. The topological polar surface area (TPSA) is 83.1 Å². The van der Waals surface area contributed by atoms with E-state index in [2.05, 4.69) is 10.1 Å². The largest absolute Gasteiger partial charge is 0.486 e. The van der Waals surface area contributed by atoms with Crippen LogP contribution in [0.4, 0.5) is 14.5 Å². The minimum Gasteiger partial charge on any atom is -0.486 e. The van der Waals surface area contributed by atoms with Crippen LogP contribution in [0.15, 0.2) is 36.4 Å². The third-order valence-corrected chi connectivity index (χ3v) is 4.05. The lowest BCUT2D eigenvalue weighted by Crippen LogP contribution is -2.21. The van der Waals surface area contributed by atoms with Crippen molar-refractivity contribution >= 4 is 29.2 Å². The van der Waals surface area contributed by atoms with Gasteiger partial charge in [-0.05, 0) is 35.9 Å². The zero-order valence-electron chi connectivity index (χ0n) is 15.0. The lowest BCUT2D eigenvalue weighted by Gasteiger charge is -2.18. The molecule has 0 radical (unpaired) electrons. The second kappa shape index (κ2) is 9.42. The molecule has 10 heteroatoms. The zero-order valence-corrected chi connectivity index (χ0v) is 15.7. The molecule has 3 rings (SSSR count). The second-order valence-corrected chi connectivity index (χ2v) is 6.29. The standard InChI is InChI=1S/C19H16ClF2NO6/c20-13-9-12(2-4-14(13)29-19(21)22)23-17(24)10-28-18(25)8-11-1-3-15-16(7-11)27-6-5-26-15/h1-4,7,9,19H,5-6,8,10H2,(H,23,24). The molecule has 0 unspecified atom stereocenters. The fourth-order valence-corrected chi connectivity index (χ4v) is 2.75. The highest BCUT2D eigenvalue weighted by Crippen LogP contribution is 2.31. The smallest absolute Gasteiger partial charge is 0.387 e. The quantitative estimate of drug-likeness (QED) is 0.682. The molecule has 0 aliphatic carbocycles. The summed E-state index contributed by atoms with van der Waals surface area (Å²) in [6.07, 6.45) is -0.0462. The Morgan fingerprint density at radius 2 is 1.86 bits per heavy atom. The lowest BCUT2D eigenvalue weighted by molar-refractivity contribution is -0.146. The summed E-state index contributed by atoms with van der Waals surface area (Å²) in [5.74, 6) is -0.271. The number of benzene rings is 2. The highest BCUT2D eigenvalue weighted by atomic mass is 35.5. The second-order valence-electron chi connectivity index (χ2n) is 5.89. The summed E-state index contributed by atoms with van der Waals surface area (Å²) < 4.78 is 44.4. The average Bonchev–Trinajstić information content (AvgIpc) is 2.68. The maximum absolute atomic E-state index is 12.2. The summed E-state index contributed by atoms with van der Waals surface area (Å²) in [6, 6.07) is 8.86. The Labute approximate surface area is 169 Å². The molecular weight excluding hydrogens is 412 g/mol. The fourth-order valence-electron chi connectivity index (χ4n) is 2.53. The first-order valence-electron chi connectivity index (χ1n) is 8.49. The number of rotatable bonds is 7. The van der Waals surface area contributed by atoms with Gasteiger partial charge >= 0.3 is 12.6 Å². The van der Waals surface area contributed by atoms with Gasteiger partial charge in [-0.1, -0.05) is 17.7 Å². The molecule has 0 spiro atoms. The van der Waals surface area contributed by atoms with Crippen LogP contribution in [0.2, 0.25) is 5.02 Å². The highest BCUT2D eigenvalue weighted by molar-refractivity contribution is 6.32. The summed E-state index contributed by atoms with van der Waals surface area (Å²) in [5, 5.41) is 2.34. The van der Waals surface area contributed by atoms with Crippen LogP contribution in [0.5, 0.6) is 17.2 Å². The van der Waals surface area contributed by atoms with Gasteiger partial charge in [0.2, 0.25) is 0 Å². The van der Waals surface area contributed by atoms with Gasteiger partial charge in [0.05, 0.1) is 11.4 Å². The molecule has 1 aliphatic rings. The van der Waals surface area contributed by atoms with Crippen LogP contribution in [-0.2, 0) is 20.7 Å². The number of halogens is 3. The van der Waals surface area contributed by atoms with Crippen LogP contribution in [0.3, 0.4) is 0 Å². The summed E-state index contributed by atoms with van der Waals surface area (Å²) >= 11 is 5.81. The Morgan fingerprint density at radius 3 is 2.59 bits per heavy atom. The van der Waals surface area contributed by atoms with Crippen LogP contribution >= 0.6 is 11.6 Å². The predicted molar refractivity (Wildman–Crippen MR) is 98.8 cm³/mol. The number of anilines is 1. The van der Waals surface area contributed by atoms with Gasteiger partial charge in [-0.25, -0.2) is 0 Å². The van der Waals surface area contributed by atoms with Crippen molar-refractivity contribution in [3.8, 4) is 17.2 Å². The molecule has 29 heavy (non-hydrogen) atoms. The van der Waals surface area contributed by atoms with Gasteiger partial charge in [-0.3, -0.25) is 9.59 Å². The molecule has 0 aromatic heterocycles. The van der Waals surface area contributed by atoms with Crippen LogP contribution in [0.25, 0.3) is 0 Å². The molecule has 1 amide bonds. The van der Waals surface area contributed by atoms with E-state index in [4.69, 9.17) is 25.8 Å². The lowest BCUT2D eigenvalue weighted by atomic mass is 10.1. The van der Waals surface area contributed by atoms with Crippen LogP contribution < -0.4 is 19.5 Å². The highest BCUT2D eigenvalue weighted by Gasteiger charge is 2.15. The number of amides is 1. The van der Waals surface area contributed by atoms with Crippen molar-refractivity contribution in [1.82, 2.24) is 0 Å². The van der Waals surface area contributed by atoms with Gasteiger partial charge in [-0.15, -0.1) is 0 Å². The minimum absolute atomic E-state index is 0.0462. The SMILES string of the molecule is O=C(COC(=O)Cc1ccc2c(c1)OCCO2)Nc1ccc(OC(F)F)c(Cl)c1.